The fourth-order valence-electron chi connectivity index (χ4n) is 3.67. The average Bonchev–Trinajstić information content (AvgIpc) is 3.12. The smallest absolute Gasteiger partial charge is 0.174 e. The number of hydrogen-bond donors (Lipinski definition) is 0. The maximum absolute atomic E-state index is 14.4. The molecule has 0 bridgehead atoms. The Bertz CT molecular complexity index is 1330. The molecule has 3 aromatic carbocycles. The van der Waals surface area contributed by atoms with Crippen molar-refractivity contribution in [3.8, 4) is 5.69 Å². The Morgan fingerprint density at radius 1 is 0.882 bits per heavy atom. The van der Waals surface area contributed by atoms with Crippen molar-refractivity contribution >= 4 is 58.2 Å². The molecule has 0 radical (unpaired) electrons. The summed E-state index contributed by atoms with van der Waals surface area (Å²) in [5.74, 6) is -0.540. The van der Waals surface area contributed by atoms with Crippen molar-refractivity contribution in [2.45, 2.75) is 30.2 Å². The summed E-state index contributed by atoms with van der Waals surface area (Å²) in [7, 11) is 0. The van der Waals surface area contributed by atoms with Crippen LogP contribution in [-0.2, 0) is 11.2 Å². The standard InChI is InChI=1S/C25H18Cl4F2N2S/c1-25(2,14-6-11-19(27)20(28)12-14)22-23(29)32-24(33(22)16-9-7-15(30)8-10-16)34-13-17-18(26)4-3-5-21(17)31/h3-12H,13H2,1-2H3. The van der Waals surface area contributed by atoms with Gasteiger partial charge in [-0.1, -0.05) is 84.1 Å². The molecule has 0 aliphatic heterocycles. The van der Waals surface area contributed by atoms with E-state index in [-0.39, 0.29) is 16.7 Å². The Kier molecular flexibility index (Phi) is 7.51. The zero-order chi connectivity index (χ0) is 24.6. The molecule has 9 heteroatoms. The first-order valence-corrected chi connectivity index (χ1v) is 12.6. The van der Waals surface area contributed by atoms with Crippen LogP contribution in [0.5, 0.6) is 0 Å². The van der Waals surface area contributed by atoms with E-state index in [4.69, 9.17) is 46.4 Å². The van der Waals surface area contributed by atoms with Gasteiger partial charge in [0.05, 0.1) is 15.7 Å². The molecule has 0 aliphatic carbocycles. The number of halogens is 6. The Morgan fingerprint density at radius 3 is 2.24 bits per heavy atom. The second-order valence-corrected chi connectivity index (χ2v) is 10.6. The first kappa shape index (κ1) is 25.3. The van der Waals surface area contributed by atoms with Crippen molar-refractivity contribution in [1.29, 1.82) is 0 Å². The van der Waals surface area contributed by atoms with Gasteiger partial charge in [-0.15, -0.1) is 0 Å². The fourth-order valence-corrected chi connectivity index (χ4v) is 5.77. The number of benzene rings is 3. The van der Waals surface area contributed by atoms with Gasteiger partial charge in [0.1, 0.15) is 11.6 Å². The van der Waals surface area contributed by atoms with E-state index in [2.05, 4.69) is 4.98 Å². The molecule has 0 unspecified atom stereocenters. The molecule has 4 aromatic rings. The zero-order valence-electron chi connectivity index (χ0n) is 18.1. The molecule has 0 fully saturated rings. The number of rotatable bonds is 6. The Morgan fingerprint density at radius 2 is 1.59 bits per heavy atom. The number of thioether (sulfide) groups is 1. The molecule has 0 saturated heterocycles. The molecule has 1 aromatic heterocycles. The summed E-state index contributed by atoms with van der Waals surface area (Å²) in [5, 5.41) is 1.97. The minimum Gasteiger partial charge on any atom is -0.289 e. The maximum atomic E-state index is 14.4. The van der Waals surface area contributed by atoms with Crippen LogP contribution in [0.1, 0.15) is 30.7 Å². The summed E-state index contributed by atoms with van der Waals surface area (Å²) in [6, 6.07) is 15.9. The van der Waals surface area contributed by atoms with Gasteiger partial charge in [0, 0.05) is 27.4 Å². The van der Waals surface area contributed by atoms with Crippen LogP contribution in [0.15, 0.2) is 65.8 Å². The molecule has 1 heterocycles. The second-order valence-electron chi connectivity index (χ2n) is 8.09. The molecule has 34 heavy (non-hydrogen) atoms. The average molecular weight is 558 g/mol. The lowest BCUT2D eigenvalue weighted by molar-refractivity contribution is 0.591. The van der Waals surface area contributed by atoms with Crippen LogP contribution < -0.4 is 0 Å². The summed E-state index contributed by atoms with van der Waals surface area (Å²) in [6.07, 6.45) is 0. The van der Waals surface area contributed by atoms with Gasteiger partial charge in [-0.25, -0.2) is 13.8 Å². The molecule has 0 spiro atoms. The highest BCUT2D eigenvalue weighted by molar-refractivity contribution is 7.98. The van der Waals surface area contributed by atoms with Crippen molar-refractivity contribution in [2.75, 3.05) is 0 Å². The van der Waals surface area contributed by atoms with Crippen molar-refractivity contribution < 1.29 is 8.78 Å². The van der Waals surface area contributed by atoms with Crippen molar-refractivity contribution in [3.63, 3.8) is 0 Å². The van der Waals surface area contributed by atoms with Gasteiger partial charge >= 0.3 is 0 Å². The minimum absolute atomic E-state index is 0.229. The molecule has 4 rings (SSSR count). The van der Waals surface area contributed by atoms with Gasteiger partial charge in [0.2, 0.25) is 0 Å². The lowest BCUT2D eigenvalue weighted by atomic mass is 9.81. The van der Waals surface area contributed by atoms with Gasteiger partial charge in [0.25, 0.3) is 0 Å². The summed E-state index contributed by atoms with van der Waals surface area (Å²) in [4.78, 5) is 4.59. The topological polar surface area (TPSA) is 17.8 Å². The Labute approximate surface area is 220 Å². The van der Waals surface area contributed by atoms with Gasteiger partial charge in [-0.05, 0) is 54.1 Å². The highest BCUT2D eigenvalue weighted by Crippen LogP contribution is 2.42. The van der Waals surface area contributed by atoms with E-state index in [9.17, 15) is 8.78 Å². The third kappa shape index (κ3) is 4.95. The van der Waals surface area contributed by atoms with Crippen molar-refractivity contribution in [1.82, 2.24) is 9.55 Å². The Balaban J connectivity index is 1.85. The fraction of sp³-hybridized carbons (Fsp3) is 0.160. The SMILES string of the molecule is CC(C)(c1ccc(Cl)c(Cl)c1)c1c(Cl)nc(SCc2c(F)cccc2Cl)n1-c1ccc(F)cc1. The maximum Gasteiger partial charge on any atom is 0.174 e. The number of nitrogens with zero attached hydrogens (tertiary/aromatic N) is 2. The molecule has 0 N–H and O–H groups in total. The Hall–Kier alpha value is -1.76. The van der Waals surface area contributed by atoms with E-state index in [1.54, 1.807) is 36.4 Å². The number of hydrogen-bond acceptors (Lipinski definition) is 2. The van der Waals surface area contributed by atoms with Crippen LogP contribution in [0, 0.1) is 11.6 Å². The van der Waals surface area contributed by atoms with E-state index in [1.165, 1.54) is 30.0 Å². The van der Waals surface area contributed by atoms with E-state index in [0.29, 0.717) is 37.2 Å². The normalized spacial score (nSPS) is 11.8. The van der Waals surface area contributed by atoms with Crippen molar-refractivity contribution in [3.05, 3.63) is 109 Å². The summed E-state index contributed by atoms with van der Waals surface area (Å²) in [6.45, 7) is 3.97. The van der Waals surface area contributed by atoms with Crippen molar-refractivity contribution in [2.24, 2.45) is 0 Å². The third-order valence-corrected chi connectivity index (χ3v) is 7.85. The minimum atomic E-state index is -0.666. The van der Waals surface area contributed by atoms with Gasteiger partial charge in [-0.3, -0.25) is 4.57 Å². The number of aromatic nitrogens is 2. The van der Waals surface area contributed by atoms with Crippen LogP contribution >= 0.6 is 58.2 Å². The lowest BCUT2D eigenvalue weighted by Gasteiger charge is -2.28. The van der Waals surface area contributed by atoms with Crippen LogP contribution in [0.4, 0.5) is 8.78 Å². The van der Waals surface area contributed by atoms with E-state index < -0.39 is 11.2 Å². The largest absolute Gasteiger partial charge is 0.289 e. The summed E-state index contributed by atoms with van der Waals surface area (Å²) in [5.41, 5.74) is 1.89. The van der Waals surface area contributed by atoms with Crippen LogP contribution in [0.25, 0.3) is 5.69 Å². The van der Waals surface area contributed by atoms with Crippen LogP contribution in [0.3, 0.4) is 0 Å². The highest BCUT2D eigenvalue weighted by Gasteiger charge is 2.33. The molecule has 0 saturated carbocycles. The summed E-state index contributed by atoms with van der Waals surface area (Å²) < 4.78 is 29.9. The molecule has 0 amide bonds. The van der Waals surface area contributed by atoms with E-state index in [0.717, 1.165) is 5.56 Å². The predicted octanol–water partition coefficient (Wildman–Crippen LogP) is 9.38. The van der Waals surface area contributed by atoms with Crippen LogP contribution in [-0.4, -0.2) is 9.55 Å². The third-order valence-electron chi connectivity index (χ3n) is 5.53. The lowest BCUT2D eigenvalue weighted by Crippen LogP contribution is -2.23. The zero-order valence-corrected chi connectivity index (χ0v) is 21.9. The first-order chi connectivity index (χ1) is 16.1. The molecular formula is C25H18Cl4F2N2S. The van der Waals surface area contributed by atoms with E-state index in [1.807, 2.05) is 24.5 Å². The molecule has 0 atom stereocenters. The molecule has 176 valence electrons. The molecule has 0 aliphatic rings. The van der Waals surface area contributed by atoms with Gasteiger partial charge in [0.15, 0.2) is 10.3 Å². The first-order valence-electron chi connectivity index (χ1n) is 10.2. The van der Waals surface area contributed by atoms with E-state index >= 15 is 0 Å². The van der Waals surface area contributed by atoms with Gasteiger partial charge in [-0.2, -0.15) is 0 Å². The molecular weight excluding hydrogens is 540 g/mol. The predicted molar refractivity (Wildman–Crippen MR) is 138 cm³/mol. The van der Waals surface area contributed by atoms with Crippen LogP contribution in [0.2, 0.25) is 20.2 Å². The second kappa shape index (κ2) is 10.1. The number of imidazole rings is 1. The molecule has 2 nitrogen and oxygen atoms in total. The highest BCUT2D eigenvalue weighted by atomic mass is 35.5. The quantitative estimate of drug-likeness (QED) is 0.220. The van der Waals surface area contributed by atoms with Gasteiger partial charge < -0.3 is 0 Å². The summed E-state index contributed by atoms with van der Waals surface area (Å²) >= 11 is 26.6. The monoisotopic (exact) mass is 556 g/mol.